The van der Waals surface area contributed by atoms with Crippen LogP contribution < -0.4 is 4.90 Å². The van der Waals surface area contributed by atoms with Crippen LogP contribution in [0.25, 0.3) is 88.3 Å². The number of nitrogens with zero attached hydrogens (tertiary/aromatic N) is 1. The molecule has 0 saturated heterocycles. The lowest BCUT2D eigenvalue weighted by Gasteiger charge is -2.29. The summed E-state index contributed by atoms with van der Waals surface area (Å²) in [7, 11) is 0. The number of anilines is 3. The molecule has 0 heterocycles. The quantitative estimate of drug-likeness (QED) is 0.131. The Labute approximate surface area is 369 Å². The molecule has 0 saturated carbocycles. The maximum Gasteiger partial charge on any atom is 0.0540 e. The van der Waals surface area contributed by atoms with Crippen LogP contribution in [0.3, 0.4) is 0 Å². The molecule has 11 aromatic rings. The molecule has 63 heavy (non-hydrogen) atoms. The molecule has 0 N–H and O–H groups in total. The molecule has 11 rings (SSSR count). The molecule has 1 nitrogen and oxygen atoms in total. The molecular formula is C62H43N. The Bertz CT molecular complexity index is 3360. The van der Waals surface area contributed by atoms with Gasteiger partial charge in [0.25, 0.3) is 0 Å². The molecule has 0 aliphatic carbocycles. The summed E-state index contributed by atoms with van der Waals surface area (Å²) in [5.74, 6) is 0. The summed E-state index contributed by atoms with van der Waals surface area (Å²) < 4.78 is 0. The van der Waals surface area contributed by atoms with Gasteiger partial charge in [0.15, 0.2) is 0 Å². The molecule has 296 valence electrons. The first-order chi connectivity index (χ1) is 31.3. The van der Waals surface area contributed by atoms with Gasteiger partial charge in [-0.25, -0.2) is 0 Å². The summed E-state index contributed by atoms with van der Waals surface area (Å²) in [6.45, 7) is 0. The maximum absolute atomic E-state index is 2.45. The van der Waals surface area contributed by atoms with Crippen molar-refractivity contribution in [1.82, 2.24) is 0 Å². The van der Waals surface area contributed by atoms with Gasteiger partial charge in [-0.05, 0) is 119 Å². The number of hydrogen-bond donors (Lipinski definition) is 0. The zero-order valence-electron chi connectivity index (χ0n) is 34.8. The summed E-state index contributed by atoms with van der Waals surface area (Å²) in [4.78, 5) is 2.45. The third-order valence-electron chi connectivity index (χ3n) is 12.2. The second-order valence-electron chi connectivity index (χ2n) is 16.0. The highest BCUT2D eigenvalue weighted by molar-refractivity contribution is 6.22. The van der Waals surface area contributed by atoms with Crippen molar-refractivity contribution >= 4 is 38.6 Å². The van der Waals surface area contributed by atoms with E-state index < -0.39 is 0 Å². The van der Waals surface area contributed by atoms with Crippen molar-refractivity contribution in [3.63, 3.8) is 0 Å². The Kier molecular flexibility index (Phi) is 9.97. The molecule has 0 bridgehead atoms. The smallest absolute Gasteiger partial charge is 0.0540 e. The van der Waals surface area contributed by atoms with Gasteiger partial charge in [0, 0.05) is 16.9 Å². The summed E-state index contributed by atoms with van der Waals surface area (Å²) in [6, 6.07) is 94.7. The first kappa shape index (κ1) is 37.7. The summed E-state index contributed by atoms with van der Waals surface area (Å²) in [5, 5.41) is 4.96. The number of rotatable bonds is 9. The Morgan fingerprint density at radius 3 is 1.33 bits per heavy atom. The predicted octanol–water partition coefficient (Wildman–Crippen LogP) is 17.5. The van der Waals surface area contributed by atoms with Gasteiger partial charge in [0.2, 0.25) is 0 Å². The highest BCUT2D eigenvalue weighted by atomic mass is 15.1. The molecule has 0 fully saturated rings. The first-order valence-electron chi connectivity index (χ1n) is 21.7. The number of benzene rings is 11. The lowest BCUT2D eigenvalue weighted by Crippen LogP contribution is -2.11. The molecular weight excluding hydrogens is 759 g/mol. The van der Waals surface area contributed by atoms with Crippen LogP contribution in [0.2, 0.25) is 0 Å². The minimum Gasteiger partial charge on any atom is -0.310 e. The van der Waals surface area contributed by atoms with Crippen LogP contribution in [0.4, 0.5) is 17.1 Å². The summed E-state index contributed by atoms with van der Waals surface area (Å²) >= 11 is 0. The highest BCUT2D eigenvalue weighted by Crippen LogP contribution is 2.48. The average Bonchev–Trinajstić information content (AvgIpc) is 3.37. The van der Waals surface area contributed by atoms with E-state index in [9.17, 15) is 0 Å². The van der Waals surface area contributed by atoms with Gasteiger partial charge in [0.1, 0.15) is 0 Å². The highest BCUT2D eigenvalue weighted by Gasteiger charge is 2.22. The van der Waals surface area contributed by atoms with Crippen LogP contribution in [0.1, 0.15) is 0 Å². The molecule has 0 spiro atoms. The van der Waals surface area contributed by atoms with Crippen LogP contribution in [0, 0.1) is 0 Å². The Hall–Kier alpha value is -8.26. The second-order valence-corrected chi connectivity index (χ2v) is 16.0. The molecule has 0 aliphatic rings. The Balaban J connectivity index is 1.17. The minimum atomic E-state index is 1.08. The van der Waals surface area contributed by atoms with E-state index in [-0.39, 0.29) is 0 Å². The number of hydrogen-bond acceptors (Lipinski definition) is 1. The fourth-order valence-electron chi connectivity index (χ4n) is 9.36. The molecule has 0 unspecified atom stereocenters. The van der Waals surface area contributed by atoms with Crippen LogP contribution in [-0.2, 0) is 0 Å². The number of fused-ring (bicyclic) bond motifs is 3. The molecule has 11 aromatic carbocycles. The SMILES string of the molecule is c1ccc(-c2cccc(N(c3ccc(-c4ccccc4)c(-c4ccccc4)c3)c3ccccc3-c3ccc4c(c3)c(-c3ccccc3)c(-c3ccccc3)c3ccccc34)c2)cc1. The van der Waals surface area contributed by atoms with Crippen molar-refractivity contribution in [2.45, 2.75) is 0 Å². The maximum atomic E-state index is 2.45. The van der Waals surface area contributed by atoms with Gasteiger partial charge in [-0.3, -0.25) is 0 Å². The molecule has 0 amide bonds. The van der Waals surface area contributed by atoms with E-state index in [0.29, 0.717) is 0 Å². The third kappa shape index (κ3) is 7.16. The zero-order valence-corrected chi connectivity index (χ0v) is 34.8. The molecule has 1 heteroatoms. The van der Waals surface area contributed by atoms with E-state index >= 15 is 0 Å². The van der Waals surface area contributed by atoms with E-state index in [1.165, 1.54) is 77.2 Å². The minimum absolute atomic E-state index is 1.08. The van der Waals surface area contributed by atoms with E-state index in [1.54, 1.807) is 0 Å². The lowest BCUT2D eigenvalue weighted by atomic mass is 9.84. The summed E-state index contributed by atoms with van der Waals surface area (Å²) in [5.41, 5.74) is 17.5. The van der Waals surface area contributed by atoms with Gasteiger partial charge in [0.05, 0.1) is 5.69 Å². The van der Waals surface area contributed by atoms with Crippen molar-refractivity contribution in [3.05, 3.63) is 261 Å². The Morgan fingerprint density at radius 2 is 0.683 bits per heavy atom. The van der Waals surface area contributed by atoms with Crippen molar-refractivity contribution in [2.75, 3.05) is 4.90 Å². The van der Waals surface area contributed by atoms with Gasteiger partial charge in [-0.15, -0.1) is 0 Å². The van der Waals surface area contributed by atoms with Gasteiger partial charge < -0.3 is 4.90 Å². The van der Waals surface area contributed by atoms with Crippen molar-refractivity contribution in [3.8, 4) is 66.8 Å². The number of para-hydroxylation sites is 1. The lowest BCUT2D eigenvalue weighted by molar-refractivity contribution is 1.28. The molecule has 0 aromatic heterocycles. The fourth-order valence-corrected chi connectivity index (χ4v) is 9.36. The third-order valence-corrected chi connectivity index (χ3v) is 12.2. The van der Waals surface area contributed by atoms with Gasteiger partial charge >= 0.3 is 0 Å². The normalized spacial score (nSPS) is 11.2. The average molecular weight is 802 g/mol. The largest absolute Gasteiger partial charge is 0.310 e. The standard InChI is InChI=1S/C62H43N/c1-6-21-44(22-7-1)49-31-20-32-51(41-49)63(52-38-40-53(45-23-8-2-9-24-45)58(43-52)46-25-10-3-11-26-46)60-36-19-18-33-54(60)50-37-39-56-55-34-16-17-35-57(55)61(47-27-12-4-13-28-47)62(59(56)42-50)48-29-14-5-15-30-48/h1-43H. The van der Waals surface area contributed by atoms with Crippen molar-refractivity contribution in [2.24, 2.45) is 0 Å². The summed E-state index contributed by atoms with van der Waals surface area (Å²) in [6.07, 6.45) is 0. The molecule has 0 radical (unpaired) electrons. The van der Waals surface area contributed by atoms with E-state index in [1.807, 2.05) is 0 Å². The van der Waals surface area contributed by atoms with Crippen molar-refractivity contribution in [1.29, 1.82) is 0 Å². The van der Waals surface area contributed by atoms with Crippen molar-refractivity contribution < 1.29 is 0 Å². The van der Waals surface area contributed by atoms with E-state index in [0.717, 1.165) is 28.2 Å². The van der Waals surface area contributed by atoms with E-state index in [4.69, 9.17) is 0 Å². The van der Waals surface area contributed by atoms with Crippen LogP contribution >= 0.6 is 0 Å². The topological polar surface area (TPSA) is 3.24 Å². The fraction of sp³-hybridized carbons (Fsp3) is 0. The van der Waals surface area contributed by atoms with Gasteiger partial charge in [-0.1, -0.05) is 224 Å². The molecule has 0 aliphatic heterocycles. The molecule has 0 atom stereocenters. The first-order valence-corrected chi connectivity index (χ1v) is 21.7. The monoisotopic (exact) mass is 801 g/mol. The predicted molar refractivity (Wildman–Crippen MR) is 269 cm³/mol. The van der Waals surface area contributed by atoms with E-state index in [2.05, 4.69) is 266 Å². The van der Waals surface area contributed by atoms with Crippen LogP contribution in [0.15, 0.2) is 261 Å². The van der Waals surface area contributed by atoms with Crippen LogP contribution in [0.5, 0.6) is 0 Å². The zero-order chi connectivity index (χ0) is 42.0. The van der Waals surface area contributed by atoms with Gasteiger partial charge in [-0.2, -0.15) is 0 Å². The van der Waals surface area contributed by atoms with Crippen LogP contribution in [-0.4, -0.2) is 0 Å². The Morgan fingerprint density at radius 1 is 0.206 bits per heavy atom. The second kappa shape index (κ2) is 16.7.